The molecule has 9 heteroatoms. The Morgan fingerprint density at radius 2 is 1.72 bits per heavy atom. The van der Waals surface area contributed by atoms with Gasteiger partial charge < -0.3 is 20.1 Å². The fourth-order valence-corrected chi connectivity index (χ4v) is 3.10. The third-order valence-corrected chi connectivity index (χ3v) is 4.85. The number of amides is 1. The molecule has 1 aromatic heterocycles. The third-order valence-electron chi connectivity index (χ3n) is 4.85. The van der Waals surface area contributed by atoms with Crippen LogP contribution in [0.1, 0.15) is 27.3 Å². The topological polar surface area (TPSA) is 74.6 Å². The van der Waals surface area contributed by atoms with Gasteiger partial charge in [0.1, 0.15) is 11.6 Å². The summed E-state index contributed by atoms with van der Waals surface area (Å²) in [6, 6.07) is 12.6. The Morgan fingerprint density at radius 1 is 1.09 bits per heavy atom. The first kappa shape index (κ1) is 25.3. The molecule has 0 fully saturated rings. The van der Waals surface area contributed by atoms with Gasteiger partial charge in [-0.05, 0) is 42.3 Å². The molecule has 0 spiro atoms. The number of rotatable bonds is 6. The van der Waals surface area contributed by atoms with Gasteiger partial charge in [-0.15, -0.1) is 24.0 Å². The van der Waals surface area contributed by atoms with E-state index in [1.165, 1.54) is 6.07 Å². The minimum absolute atomic E-state index is 0. The largest absolute Gasteiger partial charge is 0.352 e. The minimum Gasteiger partial charge on any atom is -0.352 e. The number of hydrogen-bond acceptors (Lipinski definition) is 3. The van der Waals surface area contributed by atoms with E-state index >= 15 is 0 Å². The maximum Gasteiger partial charge on any atom is 0.253 e. The molecule has 0 unspecified atom stereocenters. The number of benzene rings is 2. The molecule has 1 heterocycles. The summed E-state index contributed by atoms with van der Waals surface area (Å²) in [5, 5.41) is 6.41. The number of hydrogen-bond donors (Lipinski definition) is 2. The molecule has 32 heavy (non-hydrogen) atoms. The lowest BCUT2D eigenvalue weighted by molar-refractivity contribution is 0.0827. The van der Waals surface area contributed by atoms with E-state index in [-0.39, 0.29) is 35.7 Å². The zero-order valence-electron chi connectivity index (χ0n) is 18.6. The normalized spacial score (nSPS) is 11.0. The summed E-state index contributed by atoms with van der Waals surface area (Å²) in [5.41, 5.74) is 2.93. The standard InChI is InChI=1S/C23H27FN6O.HI/c1-16-26-11-12-30(16)21-10-7-18(13-20(21)24)15-28-23(25-2)27-14-17-5-8-19(9-6-17)22(31)29(3)4;/h5-13H,14-15H2,1-4H3,(H2,25,27,28);1H. The Hall–Kier alpha value is -2.95. The monoisotopic (exact) mass is 550 g/mol. The van der Waals surface area contributed by atoms with Gasteiger partial charge in [0.15, 0.2) is 5.96 Å². The van der Waals surface area contributed by atoms with E-state index in [4.69, 9.17) is 0 Å². The van der Waals surface area contributed by atoms with Gasteiger partial charge >= 0.3 is 0 Å². The molecule has 2 aromatic carbocycles. The average molecular weight is 550 g/mol. The molecule has 0 aliphatic rings. The second kappa shape index (κ2) is 11.6. The van der Waals surface area contributed by atoms with Crippen LogP contribution < -0.4 is 10.6 Å². The Labute approximate surface area is 204 Å². The smallest absolute Gasteiger partial charge is 0.253 e. The summed E-state index contributed by atoms with van der Waals surface area (Å²) in [5.74, 6) is 0.992. The number of carbonyl (C=O) groups is 1. The molecule has 0 saturated heterocycles. The number of nitrogens with zero attached hydrogens (tertiary/aromatic N) is 4. The van der Waals surface area contributed by atoms with E-state index < -0.39 is 0 Å². The number of aryl methyl sites for hydroxylation is 1. The summed E-state index contributed by atoms with van der Waals surface area (Å²) in [6.45, 7) is 2.80. The van der Waals surface area contributed by atoms with Crippen molar-refractivity contribution in [2.75, 3.05) is 21.1 Å². The highest BCUT2D eigenvalue weighted by Crippen LogP contribution is 2.16. The lowest BCUT2D eigenvalue weighted by Gasteiger charge is -2.14. The van der Waals surface area contributed by atoms with Crippen LogP contribution in [0.5, 0.6) is 0 Å². The summed E-state index contributed by atoms with van der Waals surface area (Å²) < 4.78 is 16.3. The van der Waals surface area contributed by atoms with Gasteiger partial charge in [-0.25, -0.2) is 9.37 Å². The molecule has 3 rings (SSSR count). The van der Waals surface area contributed by atoms with E-state index in [1.807, 2.05) is 37.3 Å². The van der Waals surface area contributed by atoms with Crippen LogP contribution in [-0.4, -0.2) is 47.5 Å². The summed E-state index contributed by atoms with van der Waals surface area (Å²) in [4.78, 5) is 21.9. The first-order chi connectivity index (χ1) is 14.9. The van der Waals surface area contributed by atoms with Crippen molar-refractivity contribution in [1.82, 2.24) is 25.1 Å². The van der Waals surface area contributed by atoms with Gasteiger partial charge in [0.25, 0.3) is 5.91 Å². The number of aromatic nitrogens is 2. The lowest BCUT2D eigenvalue weighted by Crippen LogP contribution is -2.36. The SMILES string of the molecule is CN=C(NCc1ccc(C(=O)N(C)C)cc1)NCc1ccc(-n2ccnc2C)c(F)c1.I. The molecular formula is C23H28FIN6O. The van der Waals surface area contributed by atoms with E-state index in [0.29, 0.717) is 30.3 Å². The molecular weight excluding hydrogens is 522 g/mol. The molecule has 0 atom stereocenters. The number of guanidine groups is 1. The van der Waals surface area contributed by atoms with Crippen LogP contribution in [0.2, 0.25) is 0 Å². The molecule has 0 aliphatic carbocycles. The van der Waals surface area contributed by atoms with E-state index in [2.05, 4.69) is 20.6 Å². The molecule has 7 nitrogen and oxygen atoms in total. The predicted octanol–water partition coefficient (Wildman–Crippen LogP) is 3.50. The van der Waals surface area contributed by atoms with Crippen LogP contribution >= 0.6 is 24.0 Å². The van der Waals surface area contributed by atoms with Crippen molar-refractivity contribution in [1.29, 1.82) is 0 Å². The summed E-state index contributed by atoms with van der Waals surface area (Å²) in [6.07, 6.45) is 3.38. The van der Waals surface area contributed by atoms with Crippen LogP contribution in [-0.2, 0) is 13.1 Å². The zero-order chi connectivity index (χ0) is 22.4. The fraction of sp³-hybridized carbons (Fsp3) is 0.261. The van der Waals surface area contributed by atoms with Crippen molar-refractivity contribution < 1.29 is 9.18 Å². The lowest BCUT2D eigenvalue weighted by atomic mass is 10.1. The first-order valence-electron chi connectivity index (χ1n) is 9.93. The number of nitrogens with one attached hydrogen (secondary N) is 2. The van der Waals surface area contributed by atoms with Crippen molar-refractivity contribution >= 4 is 35.8 Å². The number of halogens is 2. The molecule has 3 aromatic rings. The Morgan fingerprint density at radius 3 is 2.25 bits per heavy atom. The van der Waals surface area contributed by atoms with Gasteiger partial charge in [0, 0.05) is 52.2 Å². The average Bonchev–Trinajstić information content (AvgIpc) is 3.19. The number of aliphatic imine (C=N–C) groups is 1. The first-order valence-corrected chi connectivity index (χ1v) is 9.93. The van der Waals surface area contributed by atoms with Crippen molar-refractivity contribution in [3.8, 4) is 5.69 Å². The molecule has 0 radical (unpaired) electrons. The molecule has 0 aliphatic heterocycles. The van der Waals surface area contributed by atoms with Crippen molar-refractivity contribution in [3.05, 3.63) is 83.2 Å². The summed E-state index contributed by atoms with van der Waals surface area (Å²) >= 11 is 0. The molecule has 170 valence electrons. The third kappa shape index (κ3) is 6.28. The second-order valence-corrected chi connectivity index (χ2v) is 7.31. The molecule has 0 bridgehead atoms. The quantitative estimate of drug-likeness (QED) is 0.280. The fourth-order valence-electron chi connectivity index (χ4n) is 3.10. The van der Waals surface area contributed by atoms with Crippen LogP contribution in [0.4, 0.5) is 4.39 Å². The number of imidazole rings is 1. The zero-order valence-corrected chi connectivity index (χ0v) is 20.9. The van der Waals surface area contributed by atoms with Gasteiger partial charge in [0.05, 0.1) is 5.69 Å². The van der Waals surface area contributed by atoms with Gasteiger partial charge in [-0.1, -0.05) is 18.2 Å². The molecule has 2 N–H and O–H groups in total. The predicted molar refractivity (Wildman–Crippen MR) is 135 cm³/mol. The van der Waals surface area contributed by atoms with Crippen LogP contribution in [0.25, 0.3) is 5.69 Å². The van der Waals surface area contributed by atoms with Crippen molar-refractivity contribution in [3.63, 3.8) is 0 Å². The van der Waals surface area contributed by atoms with Gasteiger partial charge in [0.2, 0.25) is 0 Å². The maximum absolute atomic E-state index is 14.6. The Bertz CT molecular complexity index is 1080. The highest BCUT2D eigenvalue weighted by Gasteiger charge is 2.09. The van der Waals surface area contributed by atoms with Crippen LogP contribution in [0.3, 0.4) is 0 Å². The van der Waals surface area contributed by atoms with E-state index in [1.54, 1.807) is 49.1 Å². The highest BCUT2D eigenvalue weighted by molar-refractivity contribution is 14.0. The molecule has 1 amide bonds. The van der Waals surface area contributed by atoms with Crippen LogP contribution in [0, 0.1) is 12.7 Å². The Kier molecular flexibility index (Phi) is 9.18. The van der Waals surface area contributed by atoms with E-state index in [0.717, 1.165) is 17.0 Å². The van der Waals surface area contributed by atoms with Crippen molar-refractivity contribution in [2.24, 2.45) is 4.99 Å². The molecule has 0 saturated carbocycles. The van der Waals surface area contributed by atoms with Gasteiger partial charge in [-0.3, -0.25) is 9.79 Å². The van der Waals surface area contributed by atoms with E-state index in [9.17, 15) is 9.18 Å². The minimum atomic E-state index is -0.310. The second-order valence-electron chi connectivity index (χ2n) is 7.31. The van der Waals surface area contributed by atoms with Crippen molar-refractivity contribution in [2.45, 2.75) is 20.0 Å². The number of carbonyl (C=O) groups excluding carboxylic acids is 1. The van der Waals surface area contributed by atoms with Crippen LogP contribution in [0.15, 0.2) is 59.9 Å². The van der Waals surface area contributed by atoms with Gasteiger partial charge in [-0.2, -0.15) is 0 Å². The Balaban J connectivity index is 0.00000363. The highest BCUT2D eigenvalue weighted by atomic mass is 127. The maximum atomic E-state index is 14.6. The summed E-state index contributed by atoms with van der Waals surface area (Å²) in [7, 11) is 5.14.